The predicted octanol–water partition coefficient (Wildman–Crippen LogP) is 7.23. The molecular weight excluding hydrogens is 603 g/mol. The van der Waals surface area contributed by atoms with E-state index in [1.807, 2.05) is 7.05 Å². The van der Waals surface area contributed by atoms with Crippen LogP contribution >= 0.6 is 11.6 Å². The molecule has 0 fully saturated rings. The molecule has 10 nitrogen and oxygen atoms in total. The van der Waals surface area contributed by atoms with Crippen molar-refractivity contribution in [2.45, 2.75) is 51.2 Å². The molecule has 44 heavy (non-hydrogen) atoms. The second-order valence-corrected chi connectivity index (χ2v) is 9.37. The number of anilines is 2. The number of rotatable bonds is 13. The van der Waals surface area contributed by atoms with E-state index in [2.05, 4.69) is 20.9 Å². The molecule has 3 aromatic rings. The van der Waals surface area contributed by atoms with Crippen LogP contribution in [-0.4, -0.2) is 42.9 Å². The number of unbranched alkanes of at least 4 members (excludes halogenated alkanes) is 5. The maximum atomic E-state index is 12.9. The van der Waals surface area contributed by atoms with Crippen LogP contribution in [0.2, 0.25) is 5.02 Å². The zero-order chi connectivity index (χ0) is 32.8. The number of aldehydes is 2. The topological polar surface area (TPSA) is 142 Å². The molecule has 0 radical (unpaired) electrons. The van der Waals surface area contributed by atoms with Gasteiger partial charge >= 0.3 is 12.2 Å². The number of ether oxygens (including phenoxy) is 1. The monoisotopic (exact) mass is 639 g/mol. The van der Waals surface area contributed by atoms with Gasteiger partial charge < -0.3 is 35.5 Å². The molecule has 0 aliphatic rings. The number of halogens is 4. The molecule has 1 aromatic heterocycles. The number of amides is 2. The normalized spacial score (nSPS) is 10.3. The third-order valence-electron chi connectivity index (χ3n) is 5.42. The van der Waals surface area contributed by atoms with Crippen molar-refractivity contribution in [1.82, 2.24) is 15.8 Å². The van der Waals surface area contributed by atoms with Crippen LogP contribution < -0.4 is 26.2 Å². The van der Waals surface area contributed by atoms with Gasteiger partial charge in [-0.3, -0.25) is 4.98 Å². The molecule has 240 valence electrons. The van der Waals surface area contributed by atoms with Crippen molar-refractivity contribution in [3.8, 4) is 11.5 Å². The van der Waals surface area contributed by atoms with Gasteiger partial charge in [0.25, 0.3) is 0 Å². The SMILES string of the molecule is CNCc1cc(Oc2ccc(NC(=O)Nc3ccc(Cl)c(C(F)(F)F)c3)cc2)ccn1.CNO.O=CCCCCCCC=O. The van der Waals surface area contributed by atoms with E-state index >= 15 is 0 Å². The third-order valence-corrected chi connectivity index (χ3v) is 5.75. The summed E-state index contributed by atoms with van der Waals surface area (Å²) in [6.45, 7) is 0.604. The summed E-state index contributed by atoms with van der Waals surface area (Å²) < 4.78 is 44.6. The van der Waals surface area contributed by atoms with E-state index in [-0.39, 0.29) is 5.69 Å². The lowest BCUT2D eigenvalue weighted by Crippen LogP contribution is -2.19. The Labute approximate surface area is 259 Å². The molecule has 2 aromatic carbocycles. The number of nitrogens with one attached hydrogen (secondary N) is 4. The average Bonchev–Trinajstić information content (AvgIpc) is 2.97. The van der Waals surface area contributed by atoms with Gasteiger partial charge in [0.1, 0.15) is 24.1 Å². The maximum Gasteiger partial charge on any atom is 0.417 e. The van der Waals surface area contributed by atoms with Crippen molar-refractivity contribution in [2.75, 3.05) is 24.7 Å². The molecule has 5 N–H and O–H groups in total. The molecule has 0 aliphatic carbocycles. The van der Waals surface area contributed by atoms with Gasteiger partial charge in [-0.05, 0) is 68.4 Å². The van der Waals surface area contributed by atoms with Gasteiger partial charge in [-0.1, -0.05) is 24.4 Å². The van der Waals surface area contributed by atoms with E-state index in [0.29, 0.717) is 36.6 Å². The lowest BCUT2D eigenvalue weighted by atomic mass is 10.1. The quantitative estimate of drug-likeness (QED) is 0.0749. The maximum absolute atomic E-state index is 12.9. The van der Waals surface area contributed by atoms with Gasteiger partial charge in [0.15, 0.2) is 0 Å². The van der Waals surface area contributed by atoms with Gasteiger partial charge in [-0.15, -0.1) is 0 Å². The standard InChI is InChI=1S/C21H18ClF3N4O2.C8H14O2.CH5NO/c1-26-12-15-10-17(8-9-27-15)31-16-5-2-13(3-6-16)28-20(30)29-14-4-7-19(22)18(11-14)21(23,24)25;9-7-5-3-1-2-4-6-8-10;1-2-3/h2-11,26H,12H2,1H3,(H2,28,29,30);7-8H,1-6H2;2-3H,1H3. The van der Waals surface area contributed by atoms with Crippen molar-refractivity contribution in [1.29, 1.82) is 0 Å². The number of pyridine rings is 1. The van der Waals surface area contributed by atoms with E-state index in [1.54, 1.807) is 48.1 Å². The second kappa shape index (κ2) is 21.6. The summed E-state index contributed by atoms with van der Waals surface area (Å²) >= 11 is 5.58. The van der Waals surface area contributed by atoms with Crippen LogP contribution in [0.4, 0.5) is 29.3 Å². The van der Waals surface area contributed by atoms with E-state index in [9.17, 15) is 27.6 Å². The fraction of sp³-hybridized carbons (Fsp3) is 0.333. The number of aromatic nitrogens is 1. The van der Waals surface area contributed by atoms with Crippen LogP contribution in [0.1, 0.15) is 49.8 Å². The minimum atomic E-state index is -4.62. The number of benzene rings is 2. The molecule has 0 bridgehead atoms. The molecule has 0 unspecified atom stereocenters. The van der Waals surface area contributed by atoms with Crippen molar-refractivity contribution < 1.29 is 37.5 Å². The number of carbonyl (C=O) groups excluding carboxylic acids is 3. The Hall–Kier alpha value is -4.04. The molecule has 14 heteroatoms. The molecule has 0 saturated carbocycles. The first-order valence-corrected chi connectivity index (χ1v) is 14.0. The largest absolute Gasteiger partial charge is 0.457 e. The lowest BCUT2D eigenvalue weighted by molar-refractivity contribution is -0.137. The summed E-state index contributed by atoms with van der Waals surface area (Å²) in [6, 6.07) is 12.5. The summed E-state index contributed by atoms with van der Waals surface area (Å²) in [7, 11) is 3.25. The van der Waals surface area contributed by atoms with Crippen molar-refractivity contribution in [2.24, 2.45) is 0 Å². The van der Waals surface area contributed by atoms with Gasteiger partial charge in [0.2, 0.25) is 0 Å². The number of carbonyl (C=O) groups is 3. The molecular formula is C30H37ClF3N5O5. The molecule has 3 rings (SSSR count). The van der Waals surface area contributed by atoms with E-state index in [1.165, 1.54) is 13.1 Å². The molecule has 1 heterocycles. The molecule has 2 amide bonds. The number of hydrogen-bond donors (Lipinski definition) is 5. The minimum absolute atomic E-state index is 0.0377. The third kappa shape index (κ3) is 16.0. The van der Waals surface area contributed by atoms with Crippen LogP contribution in [0.3, 0.4) is 0 Å². The van der Waals surface area contributed by atoms with E-state index in [0.717, 1.165) is 56.1 Å². The fourth-order valence-corrected chi connectivity index (χ4v) is 3.69. The van der Waals surface area contributed by atoms with Gasteiger partial charge in [-0.2, -0.15) is 13.2 Å². The fourth-order valence-electron chi connectivity index (χ4n) is 3.46. The number of nitrogens with zero attached hydrogens (tertiary/aromatic N) is 1. The molecule has 0 aliphatic heterocycles. The number of alkyl halides is 3. The Morgan fingerprint density at radius 2 is 1.45 bits per heavy atom. The van der Waals surface area contributed by atoms with Crippen LogP contribution in [0, 0.1) is 0 Å². The average molecular weight is 640 g/mol. The number of hydrogen-bond acceptors (Lipinski definition) is 8. The smallest absolute Gasteiger partial charge is 0.417 e. The first-order valence-electron chi connectivity index (χ1n) is 13.6. The van der Waals surface area contributed by atoms with Crippen LogP contribution in [0.15, 0.2) is 60.8 Å². The predicted molar refractivity (Wildman–Crippen MR) is 163 cm³/mol. The minimum Gasteiger partial charge on any atom is -0.457 e. The Balaban J connectivity index is 0.000000627. The highest BCUT2D eigenvalue weighted by molar-refractivity contribution is 6.31. The second-order valence-electron chi connectivity index (χ2n) is 8.96. The van der Waals surface area contributed by atoms with Crippen LogP contribution in [0.5, 0.6) is 11.5 Å². The highest BCUT2D eigenvalue weighted by Gasteiger charge is 2.33. The Morgan fingerprint density at radius 3 is 2.00 bits per heavy atom. The van der Waals surface area contributed by atoms with Gasteiger partial charge in [0.05, 0.1) is 16.3 Å². The van der Waals surface area contributed by atoms with E-state index < -0.39 is 22.8 Å². The highest BCUT2D eigenvalue weighted by atomic mass is 35.5. The van der Waals surface area contributed by atoms with Crippen LogP contribution in [0.25, 0.3) is 0 Å². The lowest BCUT2D eigenvalue weighted by Gasteiger charge is -2.12. The summed E-state index contributed by atoms with van der Waals surface area (Å²) in [6.07, 6.45) is 4.35. The Morgan fingerprint density at radius 1 is 0.886 bits per heavy atom. The summed E-state index contributed by atoms with van der Waals surface area (Å²) in [5.41, 5.74) is 1.94. The van der Waals surface area contributed by atoms with Crippen molar-refractivity contribution in [3.05, 3.63) is 77.1 Å². The van der Waals surface area contributed by atoms with Gasteiger partial charge in [-0.25, -0.2) is 10.3 Å². The number of urea groups is 1. The van der Waals surface area contributed by atoms with Crippen molar-refractivity contribution >= 4 is 41.6 Å². The first-order chi connectivity index (χ1) is 21.1. The van der Waals surface area contributed by atoms with Gasteiger partial charge in [0, 0.05) is 50.1 Å². The zero-order valence-corrected chi connectivity index (χ0v) is 25.2. The summed E-state index contributed by atoms with van der Waals surface area (Å²) in [5.74, 6) is 1.15. The Bertz CT molecular complexity index is 1270. The zero-order valence-electron chi connectivity index (χ0n) is 24.4. The Kier molecular flexibility index (Phi) is 18.7. The summed E-state index contributed by atoms with van der Waals surface area (Å²) in [5, 5.41) is 14.8. The van der Waals surface area contributed by atoms with Crippen LogP contribution in [-0.2, 0) is 22.3 Å². The highest BCUT2D eigenvalue weighted by Crippen LogP contribution is 2.36. The first kappa shape index (κ1) is 38.0. The van der Waals surface area contributed by atoms with Crippen molar-refractivity contribution in [3.63, 3.8) is 0 Å². The van der Waals surface area contributed by atoms with E-state index in [4.69, 9.17) is 21.5 Å². The summed E-state index contributed by atoms with van der Waals surface area (Å²) in [4.78, 5) is 36.0. The number of hydroxylamine groups is 1. The molecule has 0 spiro atoms. The molecule has 0 saturated heterocycles. The molecule has 0 atom stereocenters.